The molecular formula is C31H29N3O2S. The number of fused-ring (bicyclic) bond motifs is 1. The molecule has 6 heteroatoms. The summed E-state index contributed by atoms with van der Waals surface area (Å²) in [7, 11) is 5.59. The molecule has 0 N–H and O–H groups in total. The molecule has 3 aliphatic rings. The molecule has 3 aliphatic heterocycles. The van der Waals surface area contributed by atoms with Crippen molar-refractivity contribution in [3.63, 3.8) is 0 Å². The largest absolute Gasteiger partial charge is 0.497 e. The Morgan fingerprint density at radius 1 is 0.865 bits per heavy atom. The summed E-state index contributed by atoms with van der Waals surface area (Å²) in [4.78, 5) is 10.1. The van der Waals surface area contributed by atoms with Crippen molar-refractivity contribution in [2.45, 2.75) is 6.04 Å². The van der Waals surface area contributed by atoms with Crippen LogP contribution in [0.4, 0.5) is 0 Å². The number of hydrogen-bond acceptors (Lipinski definition) is 6. The number of nitrogens with zero attached hydrogens (tertiary/aromatic N) is 3. The van der Waals surface area contributed by atoms with E-state index in [4.69, 9.17) is 14.5 Å². The molecule has 5 nitrogen and oxygen atoms in total. The molecule has 0 saturated heterocycles. The Balaban J connectivity index is 1.49. The van der Waals surface area contributed by atoms with Crippen molar-refractivity contribution in [1.82, 2.24) is 9.80 Å². The normalized spacial score (nSPS) is 20.4. The van der Waals surface area contributed by atoms with E-state index in [2.05, 4.69) is 95.1 Å². The quantitative estimate of drug-likeness (QED) is 0.397. The van der Waals surface area contributed by atoms with E-state index in [0.29, 0.717) is 0 Å². The molecule has 0 unspecified atom stereocenters. The van der Waals surface area contributed by atoms with Crippen LogP contribution < -0.4 is 9.47 Å². The van der Waals surface area contributed by atoms with Gasteiger partial charge in [-0.2, -0.15) is 0 Å². The zero-order chi connectivity index (χ0) is 25.4. The molecule has 0 bridgehead atoms. The van der Waals surface area contributed by atoms with Crippen LogP contribution in [-0.2, 0) is 0 Å². The third kappa shape index (κ3) is 4.47. The van der Waals surface area contributed by atoms with E-state index in [1.54, 1.807) is 26.0 Å². The lowest BCUT2D eigenvalue weighted by Crippen LogP contribution is -2.40. The average molecular weight is 508 g/mol. The molecule has 0 spiro atoms. The summed E-state index contributed by atoms with van der Waals surface area (Å²) in [6.07, 6.45) is 2.26. The number of benzene rings is 3. The zero-order valence-corrected chi connectivity index (χ0v) is 22.0. The van der Waals surface area contributed by atoms with Gasteiger partial charge < -0.3 is 14.4 Å². The summed E-state index contributed by atoms with van der Waals surface area (Å²) in [6.45, 7) is 1.70. The second kappa shape index (κ2) is 9.96. The number of amidine groups is 1. The Bertz CT molecular complexity index is 1420. The van der Waals surface area contributed by atoms with E-state index in [0.717, 1.165) is 41.0 Å². The molecule has 0 amide bonds. The minimum absolute atomic E-state index is 0.0388. The highest BCUT2D eigenvalue weighted by Crippen LogP contribution is 2.49. The van der Waals surface area contributed by atoms with Gasteiger partial charge in [0, 0.05) is 18.5 Å². The number of likely N-dealkylation sites (N-methyl/N-ethyl adjacent to an activating group) is 1. The smallest absolute Gasteiger partial charge is 0.174 e. The number of methoxy groups -OCH3 is 2. The van der Waals surface area contributed by atoms with Crippen molar-refractivity contribution in [3.8, 4) is 11.5 Å². The van der Waals surface area contributed by atoms with E-state index in [1.165, 1.54) is 28.0 Å². The van der Waals surface area contributed by atoms with Crippen LogP contribution in [0.15, 0.2) is 106 Å². The Morgan fingerprint density at radius 2 is 1.54 bits per heavy atom. The molecule has 0 aliphatic carbocycles. The molecule has 0 radical (unpaired) electrons. The van der Waals surface area contributed by atoms with E-state index in [1.807, 2.05) is 12.1 Å². The number of ether oxygens (including phenoxy) is 2. The first-order valence-electron chi connectivity index (χ1n) is 12.4. The van der Waals surface area contributed by atoms with Gasteiger partial charge in [-0.3, -0.25) is 4.90 Å². The van der Waals surface area contributed by atoms with Crippen molar-refractivity contribution in [3.05, 3.63) is 118 Å². The first-order chi connectivity index (χ1) is 18.1. The van der Waals surface area contributed by atoms with E-state index in [-0.39, 0.29) is 6.04 Å². The summed E-state index contributed by atoms with van der Waals surface area (Å²) in [5, 5.41) is 3.25. The van der Waals surface area contributed by atoms with Crippen LogP contribution in [0.3, 0.4) is 0 Å². The van der Waals surface area contributed by atoms with Gasteiger partial charge in [-0.15, -0.1) is 0 Å². The van der Waals surface area contributed by atoms with Crippen LogP contribution in [0, 0.1) is 0 Å². The number of aliphatic imine (C=N–C) groups is 1. The lowest BCUT2D eigenvalue weighted by Gasteiger charge is -2.42. The molecule has 186 valence electrons. The number of rotatable bonds is 5. The van der Waals surface area contributed by atoms with Gasteiger partial charge in [-0.25, -0.2) is 4.99 Å². The van der Waals surface area contributed by atoms with Crippen molar-refractivity contribution < 1.29 is 9.47 Å². The van der Waals surface area contributed by atoms with Gasteiger partial charge in [0.2, 0.25) is 0 Å². The highest BCUT2D eigenvalue weighted by atomic mass is 32.2. The minimum atomic E-state index is 0.0388. The zero-order valence-electron chi connectivity index (χ0n) is 21.2. The van der Waals surface area contributed by atoms with Crippen LogP contribution >= 0.6 is 11.8 Å². The molecule has 6 rings (SSSR count). The predicted molar refractivity (Wildman–Crippen MR) is 153 cm³/mol. The maximum absolute atomic E-state index is 5.47. The van der Waals surface area contributed by atoms with Crippen molar-refractivity contribution in [2.75, 3.05) is 34.4 Å². The van der Waals surface area contributed by atoms with E-state index < -0.39 is 0 Å². The topological polar surface area (TPSA) is 37.3 Å². The molecule has 0 fully saturated rings. The van der Waals surface area contributed by atoms with Crippen LogP contribution in [0.1, 0.15) is 22.7 Å². The Labute approximate surface area is 222 Å². The number of hydrogen-bond donors (Lipinski definition) is 0. The molecule has 37 heavy (non-hydrogen) atoms. The van der Waals surface area contributed by atoms with Crippen molar-refractivity contribution in [2.24, 2.45) is 4.99 Å². The van der Waals surface area contributed by atoms with Crippen LogP contribution in [0.25, 0.3) is 11.8 Å². The number of thioether (sulfide) groups is 1. The molecule has 3 heterocycles. The summed E-state index contributed by atoms with van der Waals surface area (Å²) in [5.74, 6) is 1.72. The van der Waals surface area contributed by atoms with E-state index in [9.17, 15) is 0 Å². The Kier molecular flexibility index (Phi) is 6.37. The van der Waals surface area contributed by atoms with Gasteiger partial charge in [0.05, 0.1) is 31.7 Å². The summed E-state index contributed by atoms with van der Waals surface area (Å²) in [5.41, 5.74) is 8.40. The average Bonchev–Trinajstić information content (AvgIpc) is 3.36. The molecule has 0 saturated carbocycles. The SMILES string of the molecule is COc1ccc(/C=C2\CN(C)CC3=C2N=C2SC=C(c4ccccc4)N2[C@@H]3c2ccc(OC)cc2)cc1. The summed E-state index contributed by atoms with van der Waals surface area (Å²) >= 11 is 1.70. The Morgan fingerprint density at radius 3 is 2.22 bits per heavy atom. The van der Waals surface area contributed by atoms with Gasteiger partial charge in [0.15, 0.2) is 5.17 Å². The van der Waals surface area contributed by atoms with Gasteiger partial charge >= 0.3 is 0 Å². The second-order valence-corrected chi connectivity index (χ2v) is 10.3. The third-order valence-corrected chi connectivity index (χ3v) is 7.82. The summed E-state index contributed by atoms with van der Waals surface area (Å²) in [6, 6.07) is 27.3. The van der Waals surface area contributed by atoms with Crippen molar-refractivity contribution >= 4 is 28.7 Å². The first-order valence-corrected chi connectivity index (χ1v) is 13.2. The van der Waals surface area contributed by atoms with Crippen LogP contribution in [0.5, 0.6) is 11.5 Å². The maximum atomic E-state index is 5.47. The van der Waals surface area contributed by atoms with Gasteiger partial charge in [0.25, 0.3) is 0 Å². The first kappa shape index (κ1) is 23.6. The van der Waals surface area contributed by atoms with Crippen LogP contribution in [0.2, 0.25) is 0 Å². The van der Waals surface area contributed by atoms with Gasteiger partial charge in [0.1, 0.15) is 11.5 Å². The lowest BCUT2D eigenvalue weighted by molar-refractivity contribution is 0.344. The van der Waals surface area contributed by atoms with Gasteiger partial charge in [-0.1, -0.05) is 66.4 Å². The standard InChI is InChI=1S/C31H29N3O2S/c1-33-18-24(17-21-9-13-25(35-2)14-10-21)29-27(19-33)30(23-11-15-26(36-3)16-12-23)34-28(20-37-31(34)32-29)22-7-5-4-6-8-22/h4-17,20,30H,18-19H2,1-3H3/b24-17+/t30-/m1/s1. The van der Waals surface area contributed by atoms with Gasteiger partial charge in [-0.05, 0) is 65.2 Å². The van der Waals surface area contributed by atoms with Crippen LogP contribution in [-0.4, -0.2) is 49.3 Å². The fraction of sp³-hybridized carbons (Fsp3) is 0.194. The fourth-order valence-corrected chi connectivity index (χ4v) is 6.16. The highest BCUT2D eigenvalue weighted by molar-refractivity contribution is 8.16. The fourth-order valence-electron chi connectivity index (χ4n) is 5.23. The molecule has 3 aromatic carbocycles. The highest BCUT2D eigenvalue weighted by Gasteiger charge is 2.41. The summed E-state index contributed by atoms with van der Waals surface area (Å²) < 4.78 is 10.8. The monoisotopic (exact) mass is 507 g/mol. The van der Waals surface area contributed by atoms with Crippen molar-refractivity contribution in [1.29, 1.82) is 0 Å². The molecule has 0 aromatic heterocycles. The minimum Gasteiger partial charge on any atom is -0.497 e. The van der Waals surface area contributed by atoms with E-state index >= 15 is 0 Å². The molecule has 3 aromatic rings. The second-order valence-electron chi connectivity index (χ2n) is 9.42. The molecule has 1 atom stereocenters. The molecular weight excluding hydrogens is 478 g/mol. The third-order valence-electron chi connectivity index (χ3n) is 6.98. The maximum Gasteiger partial charge on any atom is 0.174 e. The predicted octanol–water partition coefficient (Wildman–Crippen LogP) is 6.45. The Hall–Kier alpha value is -3.74. The lowest BCUT2D eigenvalue weighted by atomic mass is 9.88.